The van der Waals surface area contributed by atoms with Crippen molar-refractivity contribution in [3.63, 3.8) is 0 Å². The zero-order chi connectivity index (χ0) is 12.8. The molecule has 0 amide bonds. The molecule has 1 saturated heterocycles. The monoisotopic (exact) mass is 252 g/mol. The molecule has 3 unspecified atom stereocenters. The second-order valence-electron chi connectivity index (χ2n) is 6.38. The van der Waals surface area contributed by atoms with Gasteiger partial charge in [-0.2, -0.15) is 0 Å². The molecule has 18 heavy (non-hydrogen) atoms. The van der Waals surface area contributed by atoms with Gasteiger partial charge in [0.25, 0.3) is 0 Å². The van der Waals surface area contributed by atoms with E-state index in [0.717, 1.165) is 18.0 Å². The van der Waals surface area contributed by atoms with E-state index in [0.29, 0.717) is 0 Å². The molecule has 3 atom stereocenters. The molecule has 106 valence electrons. The number of rotatable bonds is 7. The highest BCUT2D eigenvalue weighted by molar-refractivity contribution is 4.91. The molecule has 0 spiro atoms. The highest BCUT2D eigenvalue weighted by atomic mass is 15.2. The molecule has 1 N–H and O–H groups in total. The lowest BCUT2D eigenvalue weighted by Crippen LogP contribution is -2.47. The summed E-state index contributed by atoms with van der Waals surface area (Å²) in [7, 11) is 0. The van der Waals surface area contributed by atoms with E-state index in [1.807, 2.05) is 0 Å². The minimum Gasteiger partial charge on any atom is -0.317 e. The molecule has 0 radical (unpaired) electrons. The fourth-order valence-corrected chi connectivity index (χ4v) is 4.03. The van der Waals surface area contributed by atoms with Crippen molar-refractivity contribution in [3.8, 4) is 0 Å². The standard InChI is InChI=1S/C16H32N2/c1-3-11-17-12-5-7-14(2)18-13-6-9-15-8-4-10-16(15)18/h14-17H,3-13H2,1-2H3. The van der Waals surface area contributed by atoms with Crippen LogP contribution in [0.5, 0.6) is 0 Å². The van der Waals surface area contributed by atoms with E-state index in [2.05, 4.69) is 24.1 Å². The number of hydrogen-bond donors (Lipinski definition) is 1. The number of nitrogens with zero attached hydrogens (tertiary/aromatic N) is 1. The van der Waals surface area contributed by atoms with Gasteiger partial charge >= 0.3 is 0 Å². The first-order chi connectivity index (χ1) is 8.83. The van der Waals surface area contributed by atoms with Crippen LogP contribution in [0, 0.1) is 5.92 Å². The molecule has 2 aliphatic rings. The average Bonchev–Trinajstić information content (AvgIpc) is 2.86. The first kappa shape index (κ1) is 14.3. The van der Waals surface area contributed by atoms with E-state index in [9.17, 15) is 0 Å². The van der Waals surface area contributed by atoms with Crippen molar-refractivity contribution in [2.75, 3.05) is 19.6 Å². The van der Waals surface area contributed by atoms with Crippen molar-refractivity contribution in [1.29, 1.82) is 0 Å². The van der Waals surface area contributed by atoms with Crippen LogP contribution in [0.25, 0.3) is 0 Å². The summed E-state index contributed by atoms with van der Waals surface area (Å²) in [6, 6.07) is 1.75. The number of likely N-dealkylation sites (tertiary alicyclic amines) is 1. The van der Waals surface area contributed by atoms with Crippen LogP contribution in [0.2, 0.25) is 0 Å². The molecule has 2 nitrogen and oxygen atoms in total. The van der Waals surface area contributed by atoms with Crippen LogP contribution >= 0.6 is 0 Å². The van der Waals surface area contributed by atoms with E-state index in [1.165, 1.54) is 71.0 Å². The van der Waals surface area contributed by atoms with Gasteiger partial charge in [-0.3, -0.25) is 4.90 Å². The fourth-order valence-electron chi connectivity index (χ4n) is 4.03. The highest BCUT2D eigenvalue weighted by Gasteiger charge is 2.36. The Morgan fingerprint density at radius 2 is 2.00 bits per heavy atom. The maximum Gasteiger partial charge on any atom is 0.0126 e. The summed E-state index contributed by atoms with van der Waals surface area (Å²) in [6.07, 6.45) is 11.4. The Morgan fingerprint density at radius 1 is 1.17 bits per heavy atom. The van der Waals surface area contributed by atoms with Gasteiger partial charge in [-0.1, -0.05) is 13.3 Å². The minimum atomic E-state index is 0.805. The van der Waals surface area contributed by atoms with Crippen LogP contribution in [0.4, 0.5) is 0 Å². The smallest absolute Gasteiger partial charge is 0.0126 e. The Kier molecular flexibility index (Phi) is 5.97. The Balaban J connectivity index is 1.69. The van der Waals surface area contributed by atoms with Crippen LogP contribution in [0.1, 0.15) is 65.2 Å². The van der Waals surface area contributed by atoms with Crippen LogP contribution in [-0.4, -0.2) is 36.6 Å². The van der Waals surface area contributed by atoms with Crippen molar-refractivity contribution in [3.05, 3.63) is 0 Å². The molecule has 0 bridgehead atoms. The van der Waals surface area contributed by atoms with E-state index in [-0.39, 0.29) is 0 Å². The van der Waals surface area contributed by atoms with Crippen molar-refractivity contribution in [2.45, 2.75) is 77.3 Å². The summed E-state index contributed by atoms with van der Waals surface area (Å²) < 4.78 is 0. The first-order valence-corrected chi connectivity index (χ1v) is 8.29. The second-order valence-corrected chi connectivity index (χ2v) is 6.38. The Labute approximate surface area is 114 Å². The minimum absolute atomic E-state index is 0.805. The van der Waals surface area contributed by atoms with E-state index < -0.39 is 0 Å². The summed E-state index contributed by atoms with van der Waals surface area (Å²) >= 11 is 0. The third kappa shape index (κ3) is 3.71. The van der Waals surface area contributed by atoms with Gasteiger partial charge in [0.05, 0.1) is 0 Å². The van der Waals surface area contributed by atoms with Gasteiger partial charge in [-0.05, 0) is 77.4 Å². The van der Waals surface area contributed by atoms with Gasteiger partial charge in [0.2, 0.25) is 0 Å². The first-order valence-electron chi connectivity index (χ1n) is 8.29. The number of hydrogen-bond acceptors (Lipinski definition) is 2. The molecule has 2 heteroatoms. The van der Waals surface area contributed by atoms with Crippen molar-refractivity contribution in [2.24, 2.45) is 5.92 Å². The molecular formula is C16H32N2. The quantitative estimate of drug-likeness (QED) is 0.698. The second kappa shape index (κ2) is 7.49. The predicted molar refractivity (Wildman–Crippen MR) is 78.9 cm³/mol. The van der Waals surface area contributed by atoms with Crippen LogP contribution in [0.15, 0.2) is 0 Å². The molecule has 1 aliphatic heterocycles. The lowest BCUT2D eigenvalue weighted by atomic mass is 9.90. The van der Waals surface area contributed by atoms with Crippen LogP contribution in [-0.2, 0) is 0 Å². The summed E-state index contributed by atoms with van der Waals surface area (Å²) in [5.41, 5.74) is 0. The summed E-state index contributed by atoms with van der Waals surface area (Å²) in [5, 5.41) is 3.52. The topological polar surface area (TPSA) is 15.3 Å². The highest BCUT2D eigenvalue weighted by Crippen LogP contribution is 2.38. The van der Waals surface area contributed by atoms with E-state index >= 15 is 0 Å². The van der Waals surface area contributed by atoms with E-state index in [1.54, 1.807) is 0 Å². The number of fused-ring (bicyclic) bond motifs is 1. The molecule has 2 rings (SSSR count). The Bertz CT molecular complexity index is 229. The SMILES string of the molecule is CCCNCCCC(C)N1CCCC2CCCC21. The Hall–Kier alpha value is -0.0800. The average molecular weight is 252 g/mol. The lowest BCUT2D eigenvalue weighted by molar-refractivity contribution is 0.0701. The maximum absolute atomic E-state index is 3.52. The fraction of sp³-hybridized carbons (Fsp3) is 1.00. The zero-order valence-electron chi connectivity index (χ0n) is 12.5. The maximum atomic E-state index is 3.52. The summed E-state index contributed by atoms with van der Waals surface area (Å²) in [4.78, 5) is 2.85. The summed E-state index contributed by atoms with van der Waals surface area (Å²) in [6.45, 7) is 8.46. The van der Waals surface area contributed by atoms with Crippen LogP contribution in [0.3, 0.4) is 0 Å². The third-order valence-electron chi connectivity index (χ3n) is 5.00. The molecule has 1 aliphatic carbocycles. The molecule has 1 saturated carbocycles. The molecular weight excluding hydrogens is 220 g/mol. The number of nitrogens with one attached hydrogen (secondary N) is 1. The van der Waals surface area contributed by atoms with Gasteiger partial charge in [0.1, 0.15) is 0 Å². The van der Waals surface area contributed by atoms with Gasteiger partial charge < -0.3 is 5.32 Å². The van der Waals surface area contributed by atoms with Gasteiger partial charge in [0.15, 0.2) is 0 Å². The molecule has 0 aromatic heterocycles. The lowest BCUT2D eigenvalue weighted by Gasteiger charge is -2.41. The molecule has 0 aromatic carbocycles. The number of piperidine rings is 1. The normalized spacial score (nSPS) is 30.3. The molecule has 1 heterocycles. The zero-order valence-corrected chi connectivity index (χ0v) is 12.5. The largest absolute Gasteiger partial charge is 0.317 e. The van der Waals surface area contributed by atoms with Crippen LogP contribution < -0.4 is 5.32 Å². The van der Waals surface area contributed by atoms with Gasteiger partial charge in [0, 0.05) is 12.1 Å². The van der Waals surface area contributed by atoms with E-state index in [4.69, 9.17) is 0 Å². The Morgan fingerprint density at radius 3 is 2.83 bits per heavy atom. The predicted octanol–water partition coefficient (Wildman–Crippen LogP) is 3.42. The van der Waals surface area contributed by atoms with Gasteiger partial charge in [-0.15, -0.1) is 0 Å². The van der Waals surface area contributed by atoms with Crippen molar-refractivity contribution in [1.82, 2.24) is 10.2 Å². The van der Waals surface area contributed by atoms with Crippen molar-refractivity contribution < 1.29 is 0 Å². The molecule has 0 aromatic rings. The molecule has 2 fully saturated rings. The van der Waals surface area contributed by atoms with Gasteiger partial charge in [-0.25, -0.2) is 0 Å². The van der Waals surface area contributed by atoms with Crippen molar-refractivity contribution >= 4 is 0 Å². The summed E-state index contributed by atoms with van der Waals surface area (Å²) in [5.74, 6) is 1.04. The third-order valence-corrected chi connectivity index (χ3v) is 5.00.